The Morgan fingerprint density at radius 1 is 1.26 bits per heavy atom. The van der Waals surface area contributed by atoms with Crippen LogP contribution in [0.3, 0.4) is 0 Å². The van der Waals surface area contributed by atoms with E-state index in [-0.39, 0.29) is 43.2 Å². The second kappa shape index (κ2) is 10.2. The summed E-state index contributed by atoms with van der Waals surface area (Å²) in [6, 6.07) is 2.62. The summed E-state index contributed by atoms with van der Waals surface area (Å²) < 4.78 is 18.5. The number of carbonyl (C=O) groups is 4. The molecule has 2 N–H and O–H groups in total. The van der Waals surface area contributed by atoms with Crippen molar-refractivity contribution in [1.82, 2.24) is 10.2 Å². The maximum absolute atomic E-state index is 13.7. The monoisotopic (exact) mass is 382 g/mol. The summed E-state index contributed by atoms with van der Waals surface area (Å²) in [5.41, 5.74) is 0.0946. The Balaban J connectivity index is 2.73. The average Bonchev–Trinajstić information content (AvgIpc) is 2.62. The largest absolute Gasteiger partial charge is 0.494 e. The maximum Gasteiger partial charge on any atom is 0.326 e. The van der Waals surface area contributed by atoms with Crippen molar-refractivity contribution in [1.29, 1.82) is 0 Å². The molecule has 27 heavy (non-hydrogen) atoms. The Kier molecular flexibility index (Phi) is 8.37. The number of Topliss-reactive ketones (excluding diaryl/α,β-unsaturated/α-hetero) is 1. The summed E-state index contributed by atoms with van der Waals surface area (Å²) in [4.78, 5) is 47.8. The minimum atomic E-state index is -1.20. The van der Waals surface area contributed by atoms with Gasteiger partial charge >= 0.3 is 5.97 Å². The summed E-state index contributed by atoms with van der Waals surface area (Å²) >= 11 is 0. The van der Waals surface area contributed by atoms with Crippen molar-refractivity contribution in [2.24, 2.45) is 0 Å². The molecule has 0 heterocycles. The highest BCUT2D eigenvalue weighted by atomic mass is 19.1. The van der Waals surface area contributed by atoms with Gasteiger partial charge in [0, 0.05) is 38.4 Å². The van der Waals surface area contributed by atoms with Crippen LogP contribution in [0.4, 0.5) is 4.39 Å². The molecule has 2 amide bonds. The van der Waals surface area contributed by atoms with Crippen LogP contribution < -0.4 is 10.1 Å². The number of ketones is 1. The van der Waals surface area contributed by atoms with Crippen molar-refractivity contribution >= 4 is 23.6 Å². The number of aliphatic carboxylic acids is 1. The number of amides is 2. The Morgan fingerprint density at radius 3 is 2.44 bits per heavy atom. The molecule has 0 saturated heterocycles. The third-order valence-corrected chi connectivity index (χ3v) is 3.91. The molecule has 0 aromatic heterocycles. The number of nitrogens with one attached hydrogen (secondary N) is 1. The van der Waals surface area contributed by atoms with Crippen LogP contribution in [0.25, 0.3) is 0 Å². The van der Waals surface area contributed by atoms with Crippen LogP contribution in [-0.4, -0.2) is 59.8 Å². The first-order valence-electron chi connectivity index (χ1n) is 8.30. The van der Waals surface area contributed by atoms with Crippen molar-refractivity contribution in [2.75, 3.05) is 20.2 Å². The van der Waals surface area contributed by atoms with E-state index in [9.17, 15) is 23.6 Å². The first-order valence-corrected chi connectivity index (χ1v) is 8.30. The fraction of sp³-hybridized carbons (Fsp3) is 0.444. The Morgan fingerprint density at radius 2 is 1.93 bits per heavy atom. The molecule has 1 unspecified atom stereocenters. The first-order chi connectivity index (χ1) is 12.7. The van der Waals surface area contributed by atoms with Crippen molar-refractivity contribution in [3.05, 3.63) is 29.6 Å². The molecule has 0 saturated carbocycles. The van der Waals surface area contributed by atoms with Gasteiger partial charge in [0.1, 0.15) is 6.04 Å². The second-order valence-electron chi connectivity index (χ2n) is 5.86. The molecule has 0 radical (unpaired) electrons. The molecule has 1 rings (SSSR count). The number of carbonyl (C=O) groups excluding carboxylic acids is 3. The van der Waals surface area contributed by atoms with Gasteiger partial charge in [0.15, 0.2) is 17.3 Å². The molecule has 8 nitrogen and oxygen atoms in total. The van der Waals surface area contributed by atoms with Gasteiger partial charge in [-0.15, -0.1) is 0 Å². The van der Waals surface area contributed by atoms with Gasteiger partial charge < -0.3 is 20.1 Å². The number of methoxy groups -OCH3 is 1. The van der Waals surface area contributed by atoms with Gasteiger partial charge in [-0.1, -0.05) is 0 Å². The van der Waals surface area contributed by atoms with E-state index in [1.165, 1.54) is 33.1 Å². The summed E-state index contributed by atoms with van der Waals surface area (Å²) in [7, 11) is 1.30. The van der Waals surface area contributed by atoms with Gasteiger partial charge in [-0.25, -0.2) is 9.18 Å². The molecule has 0 spiro atoms. The summed E-state index contributed by atoms with van der Waals surface area (Å²) in [5, 5.41) is 11.6. The van der Waals surface area contributed by atoms with Crippen LogP contribution in [0.1, 0.15) is 37.0 Å². The first kappa shape index (κ1) is 22.1. The molecule has 0 aliphatic rings. The highest BCUT2D eigenvalue weighted by Crippen LogP contribution is 2.19. The summed E-state index contributed by atoms with van der Waals surface area (Å²) in [6.45, 7) is 2.74. The molecule has 1 aromatic rings. The number of carboxylic acids is 1. The van der Waals surface area contributed by atoms with Crippen LogP contribution in [0.15, 0.2) is 18.2 Å². The van der Waals surface area contributed by atoms with E-state index >= 15 is 0 Å². The topological polar surface area (TPSA) is 113 Å². The van der Waals surface area contributed by atoms with E-state index in [1.807, 2.05) is 0 Å². The average molecular weight is 382 g/mol. The van der Waals surface area contributed by atoms with E-state index < -0.39 is 29.5 Å². The van der Waals surface area contributed by atoms with E-state index in [0.717, 1.165) is 11.0 Å². The Hall–Kier alpha value is -2.97. The fourth-order valence-corrected chi connectivity index (χ4v) is 2.37. The second-order valence-corrected chi connectivity index (χ2v) is 5.86. The lowest BCUT2D eigenvalue weighted by atomic mass is 10.1. The van der Waals surface area contributed by atoms with Crippen LogP contribution in [0.2, 0.25) is 0 Å². The molecule has 9 heteroatoms. The quantitative estimate of drug-likeness (QED) is 0.589. The van der Waals surface area contributed by atoms with Gasteiger partial charge in [0.25, 0.3) is 0 Å². The van der Waals surface area contributed by atoms with Crippen LogP contribution in [0.5, 0.6) is 5.75 Å². The molecule has 0 aliphatic heterocycles. The van der Waals surface area contributed by atoms with Crippen molar-refractivity contribution in [2.45, 2.75) is 32.7 Å². The van der Waals surface area contributed by atoms with Gasteiger partial charge in [-0.3, -0.25) is 14.4 Å². The highest BCUT2D eigenvalue weighted by molar-refractivity contribution is 5.98. The highest BCUT2D eigenvalue weighted by Gasteiger charge is 2.25. The molecule has 1 aromatic carbocycles. The zero-order valence-corrected chi connectivity index (χ0v) is 15.5. The molecule has 0 aliphatic carbocycles. The van der Waals surface area contributed by atoms with Gasteiger partial charge in [0.05, 0.1) is 7.11 Å². The van der Waals surface area contributed by atoms with Crippen LogP contribution >= 0.6 is 0 Å². The van der Waals surface area contributed by atoms with E-state index in [1.54, 1.807) is 0 Å². The molecule has 0 fully saturated rings. The third-order valence-electron chi connectivity index (χ3n) is 3.91. The number of benzene rings is 1. The van der Waals surface area contributed by atoms with Crippen LogP contribution in [0, 0.1) is 5.82 Å². The number of rotatable bonds is 10. The molecule has 148 valence electrons. The van der Waals surface area contributed by atoms with Crippen LogP contribution in [-0.2, 0) is 14.4 Å². The van der Waals surface area contributed by atoms with E-state index in [2.05, 4.69) is 5.32 Å². The van der Waals surface area contributed by atoms with Gasteiger partial charge in [-0.2, -0.15) is 0 Å². The molecule has 1 atom stereocenters. The number of ether oxygens (including phenoxy) is 1. The molecule has 0 bridgehead atoms. The zero-order valence-electron chi connectivity index (χ0n) is 15.5. The lowest BCUT2D eigenvalue weighted by Gasteiger charge is -2.26. The van der Waals surface area contributed by atoms with Crippen molar-refractivity contribution < 1.29 is 33.4 Å². The predicted molar refractivity (Wildman–Crippen MR) is 94.0 cm³/mol. The SMILES string of the molecule is COc1ccc(C(=O)CCC(=O)N(CCNC(C)=O)C(C)C(=O)O)cc1F. The number of hydrogen-bond acceptors (Lipinski definition) is 5. The number of nitrogens with zero attached hydrogens (tertiary/aromatic N) is 1. The minimum Gasteiger partial charge on any atom is -0.494 e. The van der Waals surface area contributed by atoms with Crippen molar-refractivity contribution in [3.63, 3.8) is 0 Å². The smallest absolute Gasteiger partial charge is 0.326 e. The van der Waals surface area contributed by atoms with Crippen molar-refractivity contribution in [3.8, 4) is 5.75 Å². The Bertz CT molecular complexity index is 722. The number of carboxylic acid groups (broad SMARTS) is 1. The Labute approximate surface area is 156 Å². The zero-order chi connectivity index (χ0) is 20.6. The standard InChI is InChI=1S/C18H23FN2O6/c1-11(18(25)26)21(9-8-20-12(2)22)17(24)7-5-15(23)13-4-6-16(27-3)14(19)10-13/h4,6,10-11H,5,7-9H2,1-3H3,(H,20,22)(H,25,26). The minimum absolute atomic E-state index is 0.00190. The number of hydrogen-bond donors (Lipinski definition) is 2. The fourth-order valence-electron chi connectivity index (χ4n) is 2.37. The summed E-state index contributed by atoms with van der Waals surface area (Å²) in [6.07, 6.45) is -0.433. The lowest BCUT2D eigenvalue weighted by molar-refractivity contribution is -0.149. The molecular weight excluding hydrogens is 359 g/mol. The number of halogens is 1. The van der Waals surface area contributed by atoms with Gasteiger partial charge in [0.2, 0.25) is 11.8 Å². The van der Waals surface area contributed by atoms with Gasteiger partial charge in [-0.05, 0) is 25.1 Å². The maximum atomic E-state index is 13.7. The normalized spacial score (nSPS) is 11.4. The third kappa shape index (κ3) is 6.69. The summed E-state index contributed by atoms with van der Waals surface area (Å²) in [5.74, 6) is -3.18. The predicted octanol–water partition coefficient (Wildman–Crippen LogP) is 1.24. The lowest BCUT2D eigenvalue weighted by Crippen LogP contribution is -2.46. The van der Waals surface area contributed by atoms with E-state index in [4.69, 9.17) is 9.84 Å². The van der Waals surface area contributed by atoms with E-state index in [0.29, 0.717) is 0 Å². The molecular formula is C18H23FN2O6.